The van der Waals surface area contributed by atoms with Gasteiger partial charge in [0.05, 0.1) is 0 Å². The van der Waals surface area contributed by atoms with Gasteiger partial charge in [-0.3, -0.25) is 0 Å². The number of hydrogen-bond acceptors (Lipinski definition) is 0. The summed E-state index contributed by atoms with van der Waals surface area (Å²) >= 11 is 0. The van der Waals surface area contributed by atoms with E-state index in [2.05, 4.69) is 20.4 Å². The summed E-state index contributed by atoms with van der Waals surface area (Å²) in [4.78, 5) is 0. The highest BCUT2D eigenvalue weighted by atomic mass is 19.1. The minimum Gasteiger partial charge on any atom is -0.247 e. The third-order valence-corrected chi connectivity index (χ3v) is 8.56. The largest absolute Gasteiger partial charge is 0.247 e. The Balaban J connectivity index is 1.36. The number of allylic oxidation sites excluding steroid dienone is 1. The fourth-order valence-corrected chi connectivity index (χ4v) is 7.31. The molecule has 24 heavy (non-hydrogen) atoms. The van der Waals surface area contributed by atoms with Crippen LogP contribution in [0.4, 0.5) is 4.39 Å². The molecule has 0 bridgehead atoms. The molecule has 0 radical (unpaired) electrons. The molecule has 0 N–H and O–H groups in total. The molecule has 136 valence electrons. The summed E-state index contributed by atoms with van der Waals surface area (Å²) in [5, 5.41) is 0. The molecule has 9 unspecified atom stereocenters. The molecule has 4 aliphatic carbocycles. The number of hydrogen-bond donors (Lipinski definition) is 0. The Morgan fingerprint density at radius 3 is 2.25 bits per heavy atom. The SMILES string of the molecule is C=C1C(CCC)C2CC(C3CCC(C4CCC(C)C4)C3)CC(F)C12. The van der Waals surface area contributed by atoms with E-state index >= 15 is 0 Å². The second-order valence-corrected chi connectivity index (χ2v) is 9.92. The zero-order chi connectivity index (χ0) is 16.8. The fraction of sp³-hybridized carbons (Fsp3) is 0.913. The van der Waals surface area contributed by atoms with E-state index in [0.717, 1.165) is 30.1 Å². The number of alkyl halides is 1. The van der Waals surface area contributed by atoms with Crippen molar-refractivity contribution in [1.29, 1.82) is 0 Å². The van der Waals surface area contributed by atoms with E-state index in [1.165, 1.54) is 63.4 Å². The van der Waals surface area contributed by atoms with E-state index in [-0.39, 0.29) is 5.92 Å². The third kappa shape index (κ3) is 2.88. The standard InChI is InChI=1S/C23H37F/c1-4-5-20-15(3)23-21(20)12-19(13-22(23)24)18-9-8-17(11-18)16-7-6-14(2)10-16/h14,16-23H,3-13H2,1-2H3. The van der Waals surface area contributed by atoms with Gasteiger partial charge >= 0.3 is 0 Å². The monoisotopic (exact) mass is 332 g/mol. The lowest BCUT2D eigenvalue weighted by atomic mass is 9.51. The smallest absolute Gasteiger partial charge is 0.107 e. The van der Waals surface area contributed by atoms with Crippen molar-refractivity contribution in [2.24, 2.45) is 47.3 Å². The van der Waals surface area contributed by atoms with Gasteiger partial charge in [-0.2, -0.15) is 0 Å². The van der Waals surface area contributed by atoms with E-state index in [1.54, 1.807) is 0 Å². The van der Waals surface area contributed by atoms with Gasteiger partial charge < -0.3 is 0 Å². The molecule has 0 saturated heterocycles. The van der Waals surface area contributed by atoms with Crippen LogP contribution in [0.5, 0.6) is 0 Å². The first-order chi connectivity index (χ1) is 11.6. The van der Waals surface area contributed by atoms with Crippen molar-refractivity contribution >= 4 is 0 Å². The molecule has 0 aliphatic heterocycles. The molecule has 0 nitrogen and oxygen atoms in total. The quantitative estimate of drug-likeness (QED) is 0.496. The summed E-state index contributed by atoms with van der Waals surface area (Å²) < 4.78 is 14.8. The zero-order valence-corrected chi connectivity index (χ0v) is 15.9. The molecule has 4 saturated carbocycles. The predicted octanol–water partition coefficient (Wildman–Crippen LogP) is 6.81. The zero-order valence-electron chi connectivity index (χ0n) is 15.9. The van der Waals surface area contributed by atoms with E-state index < -0.39 is 6.17 Å². The number of halogens is 1. The molecule has 9 atom stereocenters. The van der Waals surface area contributed by atoms with Crippen LogP contribution in [-0.4, -0.2) is 6.17 Å². The lowest BCUT2D eigenvalue weighted by Crippen LogP contribution is -2.50. The Kier molecular flexibility index (Phi) is 4.82. The fourth-order valence-electron chi connectivity index (χ4n) is 7.31. The summed E-state index contributed by atoms with van der Waals surface area (Å²) in [6, 6.07) is 0. The van der Waals surface area contributed by atoms with Gasteiger partial charge in [0.25, 0.3) is 0 Å². The van der Waals surface area contributed by atoms with Crippen LogP contribution in [0, 0.1) is 47.3 Å². The predicted molar refractivity (Wildman–Crippen MR) is 99.5 cm³/mol. The summed E-state index contributed by atoms with van der Waals surface area (Å²) in [7, 11) is 0. The van der Waals surface area contributed by atoms with Gasteiger partial charge in [0.15, 0.2) is 0 Å². The Morgan fingerprint density at radius 1 is 0.917 bits per heavy atom. The Labute approximate surface area is 148 Å². The highest BCUT2D eigenvalue weighted by Gasteiger charge is 2.53. The van der Waals surface area contributed by atoms with Crippen molar-refractivity contribution in [2.45, 2.75) is 84.2 Å². The molecule has 0 aromatic heterocycles. The molecule has 4 rings (SSSR count). The average Bonchev–Trinajstić information content (AvgIpc) is 3.20. The average molecular weight is 333 g/mol. The van der Waals surface area contributed by atoms with Gasteiger partial charge in [-0.25, -0.2) is 4.39 Å². The van der Waals surface area contributed by atoms with Crippen LogP contribution in [0.15, 0.2) is 12.2 Å². The van der Waals surface area contributed by atoms with Crippen molar-refractivity contribution in [3.05, 3.63) is 12.2 Å². The maximum atomic E-state index is 14.8. The van der Waals surface area contributed by atoms with Crippen molar-refractivity contribution in [3.8, 4) is 0 Å². The Hall–Kier alpha value is -0.330. The first kappa shape index (κ1) is 17.1. The lowest BCUT2D eigenvalue weighted by molar-refractivity contribution is -0.0124. The van der Waals surface area contributed by atoms with Gasteiger partial charge in [-0.05, 0) is 92.8 Å². The minimum atomic E-state index is -0.583. The van der Waals surface area contributed by atoms with E-state index in [0.29, 0.717) is 17.8 Å². The van der Waals surface area contributed by atoms with Crippen LogP contribution in [0.3, 0.4) is 0 Å². The maximum absolute atomic E-state index is 14.8. The lowest BCUT2D eigenvalue weighted by Gasteiger charge is -2.54. The molecule has 4 fully saturated rings. The van der Waals surface area contributed by atoms with Crippen molar-refractivity contribution in [1.82, 2.24) is 0 Å². The van der Waals surface area contributed by atoms with E-state index in [1.807, 2.05) is 0 Å². The highest BCUT2D eigenvalue weighted by Crippen LogP contribution is 2.59. The molecule has 0 aromatic carbocycles. The summed E-state index contributed by atoms with van der Waals surface area (Å²) in [6.07, 6.45) is 12.7. The molecular weight excluding hydrogens is 295 g/mol. The summed E-state index contributed by atoms with van der Waals surface area (Å²) in [5.41, 5.74) is 1.26. The molecule has 0 heterocycles. The van der Waals surface area contributed by atoms with Gasteiger partial charge in [-0.1, -0.05) is 38.8 Å². The molecule has 1 heteroatoms. The van der Waals surface area contributed by atoms with Crippen molar-refractivity contribution in [3.63, 3.8) is 0 Å². The Bertz CT molecular complexity index is 469. The van der Waals surface area contributed by atoms with Gasteiger partial charge in [0.1, 0.15) is 6.17 Å². The summed E-state index contributed by atoms with van der Waals surface area (Å²) in [6.45, 7) is 8.94. The van der Waals surface area contributed by atoms with Crippen LogP contribution in [-0.2, 0) is 0 Å². The topological polar surface area (TPSA) is 0 Å². The maximum Gasteiger partial charge on any atom is 0.107 e. The number of rotatable bonds is 4. The van der Waals surface area contributed by atoms with Crippen LogP contribution in [0.2, 0.25) is 0 Å². The summed E-state index contributed by atoms with van der Waals surface area (Å²) in [5.74, 6) is 5.95. The highest BCUT2D eigenvalue weighted by molar-refractivity contribution is 5.24. The minimum absolute atomic E-state index is 0.227. The second kappa shape index (κ2) is 6.76. The van der Waals surface area contributed by atoms with E-state index in [4.69, 9.17) is 0 Å². The normalized spacial score (nSPS) is 51.5. The van der Waals surface area contributed by atoms with Crippen molar-refractivity contribution in [2.75, 3.05) is 0 Å². The Morgan fingerprint density at radius 2 is 1.58 bits per heavy atom. The molecule has 0 amide bonds. The number of fused-ring (bicyclic) bond motifs is 1. The molecule has 4 aliphatic rings. The van der Waals surface area contributed by atoms with Crippen LogP contribution >= 0.6 is 0 Å². The molecule has 0 aromatic rings. The van der Waals surface area contributed by atoms with Gasteiger partial charge in [0.2, 0.25) is 0 Å². The second-order valence-electron chi connectivity index (χ2n) is 9.92. The first-order valence-corrected chi connectivity index (χ1v) is 10.9. The molecular formula is C23H37F. The van der Waals surface area contributed by atoms with Crippen LogP contribution < -0.4 is 0 Å². The van der Waals surface area contributed by atoms with Gasteiger partial charge in [0, 0.05) is 5.92 Å². The molecule has 0 spiro atoms. The van der Waals surface area contributed by atoms with Crippen molar-refractivity contribution < 1.29 is 4.39 Å². The van der Waals surface area contributed by atoms with Crippen LogP contribution in [0.25, 0.3) is 0 Å². The van der Waals surface area contributed by atoms with E-state index in [9.17, 15) is 4.39 Å². The first-order valence-electron chi connectivity index (χ1n) is 10.9. The van der Waals surface area contributed by atoms with Gasteiger partial charge in [-0.15, -0.1) is 0 Å². The third-order valence-electron chi connectivity index (χ3n) is 8.56. The van der Waals surface area contributed by atoms with Crippen LogP contribution in [0.1, 0.15) is 78.1 Å².